The number of carbonyl (C=O) groups is 1. The predicted octanol–water partition coefficient (Wildman–Crippen LogP) is 1.70. The Morgan fingerprint density at radius 2 is 2.00 bits per heavy atom. The number of halogens is 1. The van der Waals surface area contributed by atoms with Crippen molar-refractivity contribution in [1.82, 2.24) is 10.6 Å². The largest absolute Gasteiger partial charge is 0.493 e. The fourth-order valence-electron chi connectivity index (χ4n) is 1.65. The van der Waals surface area contributed by atoms with Gasteiger partial charge < -0.3 is 14.8 Å². The summed E-state index contributed by atoms with van der Waals surface area (Å²) in [6, 6.07) is 3.44. The molecular formula is C12H11ClN2O3S. The normalized spacial score (nSPS) is 16.3. The smallest absolute Gasteiger partial charge is 0.273 e. The fraction of sp³-hybridized carbons (Fsp3) is 0.167. The molecule has 7 heteroatoms. The number of ether oxygens (including phenoxy) is 2. The van der Waals surface area contributed by atoms with Crippen molar-refractivity contribution in [1.29, 1.82) is 0 Å². The molecule has 0 aromatic heterocycles. The molecule has 2 N–H and O–H groups in total. The van der Waals surface area contributed by atoms with Crippen molar-refractivity contribution >= 4 is 40.9 Å². The zero-order valence-corrected chi connectivity index (χ0v) is 11.8. The van der Waals surface area contributed by atoms with Crippen LogP contribution in [0.1, 0.15) is 5.56 Å². The Bertz CT molecular complexity index is 587. The Labute approximate surface area is 120 Å². The molecule has 0 atom stereocenters. The highest BCUT2D eigenvalue weighted by molar-refractivity contribution is 7.80. The van der Waals surface area contributed by atoms with E-state index in [1.54, 1.807) is 18.2 Å². The summed E-state index contributed by atoms with van der Waals surface area (Å²) in [6.07, 6.45) is 1.60. The van der Waals surface area contributed by atoms with Gasteiger partial charge in [0.1, 0.15) is 5.70 Å². The van der Waals surface area contributed by atoms with Crippen LogP contribution in [-0.4, -0.2) is 25.2 Å². The summed E-state index contributed by atoms with van der Waals surface area (Å²) in [5.74, 6) is 0.643. The molecule has 0 spiro atoms. The van der Waals surface area contributed by atoms with Crippen molar-refractivity contribution in [3.05, 3.63) is 28.4 Å². The molecule has 0 saturated carbocycles. The monoisotopic (exact) mass is 298 g/mol. The van der Waals surface area contributed by atoms with E-state index in [2.05, 4.69) is 10.6 Å². The summed E-state index contributed by atoms with van der Waals surface area (Å²) in [4.78, 5) is 11.5. The van der Waals surface area contributed by atoms with Crippen molar-refractivity contribution in [2.45, 2.75) is 0 Å². The highest BCUT2D eigenvalue weighted by Crippen LogP contribution is 2.38. The molecule has 1 aliphatic heterocycles. The highest BCUT2D eigenvalue weighted by atomic mass is 35.5. The minimum Gasteiger partial charge on any atom is -0.493 e. The molecule has 0 bridgehead atoms. The van der Waals surface area contributed by atoms with Gasteiger partial charge in [-0.2, -0.15) is 0 Å². The highest BCUT2D eigenvalue weighted by Gasteiger charge is 2.21. The minimum absolute atomic E-state index is 0.271. The van der Waals surface area contributed by atoms with Crippen LogP contribution in [0.3, 0.4) is 0 Å². The summed E-state index contributed by atoms with van der Waals surface area (Å²) in [7, 11) is 3.02. The maximum absolute atomic E-state index is 11.5. The molecule has 2 rings (SSSR count). The van der Waals surface area contributed by atoms with Crippen molar-refractivity contribution < 1.29 is 14.3 Å². The van der Waals surface area contributed by atoms with E-state index in [9.17, 15) is 4.79 Å². The van der Waals surface area contributed by atoms with Gasteiger partial charge in [0.15, 0.2) is 16.6 Å². The first-order valence-electron chi connectivity index (χ1n) is 5.31. The molecule has 1 aromatic rings. The molecule has 1 aliphatic rings. The molecule has 0 aliphatic carbocycles. The van der Waals surface area contributed by atoms with Crippen LogP contribution in [0, 0.1) is 0 Å². The van der Waals surface area contributed by atoms with Crippen molar-refractivity contribution in [2.24, 2.45) is 0 Å². The number of hydrogen-bond donors (Lipinski definition) is 2. The summed E-state index contributed by atoms with van der Waals surface area (Å²) in [5.41, 5.74) is 0.959. The molecule has 100 valence electrons. The van der Waals surface area contributed by atoms with Crippen molar-refractivity contribution in [3.8, 4) is 11.5 Å². The summed E-state index contributed by atoms with van der Waals surface area (Å²) >= 11 is 11.1. The second kappa shape index (κ2) is 5.46. The summed E-state index contributed by atoms with van der Waals surface area (Å²) in [5, 5.41) is 5.85. The van der Waals surface area contributed by atoms with Crippen LogP contribution < -0.4 is 20.1 Å². The number of carbonyl (C=O) groups excluding carboxylic acids is 1. The number of amides is 1. The number of hydrogen-bond acceptors (Lipinski definition) is 4. The number of methoxy groups -OCH3 is 2. The molecule has 5 nitrogen and oxygen atoms in total. The average Bonchev–Trinajstić information content (AvgIpc) is 2.70. The molecule has 0 unspecified atom stereocenters. The van der Waals surface area contributed by atoms with E-state index < -0.39 is 0 Å². The Morgan fingerprint density at radius 3 is 2.53 bits per heavy atom. The van der Waals surface area contributed by atoms with Gasteiger partial charge in [0.2, 0.25) is 0 Å². The van der Waals surface area contributed by atoms with E-state index in [0.29, 0.717) is 27.8 Å². The summed E-state index contributed by atoms with van der Waals surface area (Å²) in [6.45, 7) is 0. The van der Waals surface area contributed by atoms with Gasteiger partial charge in [-0.1, -0.05) is 11.6 Å². The van der Waals surface area contributed by atoms with Crippen LogP contribution in [0.5, 0.6) is 11.5 Å². The van der Waals surface area contributed by atoms with Crippen LogP contribution >= 0.6 is 23.8 Å². The second-order valence-corrected chi connectivity index (χ2v) is 4.46. The molecule has 1 saturated heterocycles. The van der Waals surface area contributed by atoms with Gasteiger partial charge >= 0.3 is 0 Å². The third-order valence-corrected chi connectivity index (χ3v) is 3.13. The summed E-state index contributed by atoms with van der Waals surface area (Å²) < 4.78 is 10.3. The molecule has 1 amide bonds. The Morgan fingerprint density at radius 1 is 1.26 bits per heavy atom. The Hall–Kier alpha value is -1.79. The first kappa shape index (κ1) is 13.6. The lowest BCUT2D eigenvalue weighted by molar-refractivity contribution is -0.115. The lowest BCUT2D eigenvalue weighted by Gasteiger charge is -2.11. The third-order valence-electron chi connectivity index (χ3n) is 2.53. The SMILES string of the molecule is COc1ccc(/C=C2/NC(=S)NC2=O)c(Cl)c1OC. The van der Waals surface area contributed by atoms with Crippen LogP contribution in [0.2, 0.25) is 5.02 Å². The molecular weight excluding hydrogens is 288 g/mol. The number of thiocarbonyl (C=S) groups is 1. The molecule has 1 fully saturated rings. The topological polar surface area (TPSA) is 59.6 Å². The average molecular weight is 299 g/mol. The minimum atomic E-state index is -0.296. The molecule has 19 heavy (non-hydrogen) atoms. The maximum atomic E-state index is 11.5. The number of rotatable bonds is 3. The van der Waals surface area contributed by atoms with E-state index in [1.165, 1.54) is 14.2 Å². The van der Waals surface area contributed by atoms with E-state index in [4.69, 9.17) is 33.3 Å². The fourth-order valence-corrected chi connectivity index (χ4v) is 2.14. The lowest BCUT2D eigenvalue weighted by atomic mass is 10.1. The quantitative estimate of drug-likeness (QED) is 0.657. The van der Waals surface area contributed by atoms with E-state index in [0.717, 1.165) is 0 Å². The number of nitrogens with one attached hydrogen (secondary N) is 2. The number of benzene rings is 1. The predicted molar refractivity (Wildman–Crippen MR) is 76.4 cm³/mol. The third kappa shape index (κ3) is 2.64. The molecule has 0 radical (unpaired) electrons. The van der Waals surface area contributed by atoms with Crippen LogP contribution in [0.25, 0.3) is 6.08 Å². The van der Waals surface area contributed by atoms with Gasteiger partial charge in [0, 0.05) is 0 Å². The second-order valence-electron chi connectivity index (χ2n) is 3.67. The molecule has 1 aromatic carbocycles. The zero-order valence-electron chi connectivity index (χ0n) is 10.2. The first-order valence-corrected chi connectivity index (χ1v) is 6.10. The Kier molecular flexibility index (Phi) is 3.92. The van der Waals surface area contributed by atoms with Crippen molar-refractivity contribution in [2.75, 3.05) is 14.2 Å². The van der Waals surface area contributed by atoms with Gasteiger partial charge in [0.25, 0.3) is 5.91 Å². The van der Waals surface area contributed by atoms with Crippen LogP contribution in [-0.2, 0) is 4.79 Å². The van der Waals surface area contributed by atoms with Gasteiger partial charge in [0.05, 0.1) is 19.2 Å². The van der Waals surface area contributed by atoms with Gasteiger partial charge in [-0.15, -0.1) is 0 Å². The van der Waals surface area contributed by atoms with Crippen LogP contribution in [0.4, 0.5) is 0 Å². The lowest BCUT2D eigenvalue weighted by Crippen LogP contribution is -2.21. The first-order chi connectivity index (χ1) is 9.06. The van der Waals surface area contributed by atoms with E-state index in [1.807, 2.05) is 0 Å². The molecule has 1 heterocycles. The van der Waals surface area contributed by atoms with Crippen molar-refractivity contribution in [3.63, 3.8) is 0 Å². The van der Waals surface area contributed by atoms with E-state index in [-0.39, 0.29) is 11.0 Å². The van der Waals surface area contributed by atoms with E-state index >= 15 is 0 Å². The van der Waals surface area contributed by atoms with Crippen LogP contribution in [0.15, 0.2) is 17.8 Å². The van der Waals surface area contributed by atoms with Gasteiger partial charge in [-0.3, -0.25) is 10.1 Å². The standard InChI is InChI=1S/C12H11ClN2O3S/c1-17-8-4-3-6(9(13)10(8)18-2)5-7-11(16)15-12(19)14-7/h3-5H,1-2H3,(H2,14,15,16,19)/b7-5+. The van der Waals surface area contributed by atoms with Gasteiger partial charge in [-0.25, -0.2) is 0 Å². The maximum Gasteiger partial charge on any atom is 0.273 e. The Balaban J connectivity index is 2.44. The van der Waals surface area contributed by atoms with Gasteiger partial charge in [-0.05, 0) is 36.0 Å². The zero-order chi connectivity index (χ0) is 14.0.